The molecule has 0 aliphatic heterocycles. The van der Waals surface area contributed by atoms with Gasteiger partial charge in [-0.25, -0.2) is 9.97 Å². The van der Waals surface area contributed by atoms with E-state index < -0.39 is 0 Å². The van der Waals surface area contributed by atoms with Crippen LogP contribution < -0.4 is 5.32 Å². The Morgan fingerprint density at radius 2 is 1.81 bits per heavy atom. The van der Waals surface area contributed by atoms with Gasteiger partial charge in [-0.2, -0.15) is 0 Å². The van der Waals surface area contributed by atoms with Crippen LogP contribution in [0.3, 0.4) is 0 Å². The van der Waals surface area contributed by atoms with Crippen LogP contribution in [0.4, 0.5) is 5.69 Å². The third kappa shape index (κ3) is 3.66. The van der Waals surface area contributed by atoms with E-state index in [2.05, 4.69) is 43.0 Å². The molecule has 21 heavy (non-hydrogen) atoms. The first-order chi connectivity index (χ1) is 9.77. The number of carbonyl (C=O) groups excluding carboxylic acids is 1. The quantitative estimate of drug-likeness (QED) is 0.915. The van der Waals surface area contributed by atoms with Crippen molar-refractivity contribution in [1.82, 2.24) is 9.97 Å². The molecular weight excluding hydrogens is 262 g/mol. The summed E-state index contributed by atoms with van der Waals surface area (Å²) in [5.41, 5.74) is 4.41. The zero-order valence-corrected chi connectivity index (χ0v) is 13.2. The zero-order chi connectivity index (χ0) is 15.6. The minimum Gasteiger partial charge on any atom is -0.321 e. The summed E-state index contributed by atoms with van der Waals surface area (Å²) in [7, 11) is 0. The number of hydrogen-bond donors (Lipinski definition) is 1. The fourth-order valence-electron chi connectivity index (χ4n) is 2.28. The molecule has 4 nitrogen and oxygen atoms in total. The van der Waals surface area contributed by atoms with Crippen molar-refractivity contribution in [2.24, 2.45) is 0 Å². The van der Waals surface area contributed by atoms with Crippen LogP contribution in [-0.2, 0) is 5.41 Å². The summed E-state index contributed by atoms with van der Waals surface area (Å²) >= 11 is 0. The molecular formula is C17H21N3O. The second-order valence-electron chi connectivity index (χ2n) is 6.28. The van der Waals surface area contributed by atoms with E-state index in [1.54, 1.807) is 6.07 Å². The molecule has 0 atom stereocenters. The van der Waals surface area contributed by atoms with Crippen LogP contribution in [0.5, 0.6) is 0 Å². The van der Waals surface area contributed by atoms with Gasteiger partial charge in [0.1, 0.15) is 12.0 Å². The second-order valence-corrected chi connectivity index (χ2v) is 6.28. The minimum atomic E-state index is -0.218. The van der Waals surface area contributed by atoms with Crippen molar-refractivity contribution in [1.29, 1.82) is 0 Å². The average Bonchev–Trinajstić information content (AvgIpc) is 2.39. The van der Waals surface area contributed by atoms with E-state index in [1.165, 1.54) is 17.5 Å². The Morgan fingerprint density at radius 3 is 2.43 bits per heavy atom. The van der Waals surface area contributed by atoms with Crippen molar-refractivity contribution in [2.45, 2.75) is 40.0 Å². The van der Waals surface area contributed by atoms with Crippen LogP contribution in [0.1, 0.15) is 48.1 Å². The smallest absolute Gasteiger partial charge is 0.274 e. The molecule has 1 N–H and O–H groups in total. The first-order valence-corrected chi connectivity index (χ1v) is 6.98. The van der Waals surface area contributed by atoms with Gasteiger partial charge in [0.25, 0.3) is 5.91 Å². The molecule has 0 aliphatic rings. The molecule has 2 rings (SSSR count). The Labute approximate surface area is 125 Å². The monoisotopic (exact) mass is 283 g/mol. The second kappa shape index (κ2) is 5.64. The normalized spacial score (nSPS) is 11.3. The van der Waals surface area contributed by atoms with Crippen LogP contribution in [0.2, 0.25) is 0 Å². The fourth-order valence-corrected chi connectivity index (χ4v) is 2.28. The molecule has 0 spiro atoms. The van der Waals surface area contributed by atoms with Gasteiger partial charge in [-0.05, 0) is 48.6 Å². The Hall–Kier alpha value is -2.23. The standard InChI is InChI=1S/C17H21N3O/c1-11-6-7-13(9-14(11)17(3,4)5)20-16(21)15-8-12(2)18-10-19-15/h6-10H,1-5H3,(H,20,21). The van der Waals surface area contributed by atoms with E-state index in [9.17, 15) is 4.79 Å². The number of nitrogens with one attached hydrogen (secondary N) is 1. The first-order valence-electron chi connectivity index (χ1n) is 6.98. The molecule has 0 bridgehead atoms. The molecule has 1 heterocycles. The number of carbonyl (C=O) groups is 1. The Morgan fingerprint density at radius 1 is 1.10 bits per heavy atom. The number of aryl methyl sites for hydroxylation is 2. The molecule has 0 unspecified atom stereocenters. The van der Waals surface area contributed by atoms with E-state index in [4.69, 9.17) is 0 Å². The Balaban J connectivity index is 2.26. The lowest BCUT2D eigenvalue weighted by atomic mass is 9.84. The van der Waals surface area contributed by atoms with E-state index in [0.717, 1.165) is 11.4 Å². The van der Waals surface area contributed by atoms with E-state index in [1.807, 2.05) is 25.1 Å². The van der Waals surface area contributed by atoms with Gasteiger partial charge in [0.2, 0.25) is 0 Å². The van der Waals surface area contributed by atoms with Crippen LogP contribution >= 0.6 is 0 Å². The lowest BCUT2D eigenvalue weighted by Crippen LogP contribution is -2.17. The summed E-state index contributed by atoms with van der Waals surface area (Å²) < 4.78 is 0. The fraction of sp³-hybridized carbons (Fsp3) is 0.353. The largest absolute Gasteiger partial charge is 0.321 e. The highest BCUT2D eigenvalue weighted by molar-refractivity contribution is 6.02. The topological polar surface area (TPSA) is 54.9 Å². The third-order valence-electron chi connectivity index (χ3n) is 3.34. The summed E-state index contributed by atoms with van der Waals surface area (Å²) in [6.07, 6.45) is 1.40. The minimum absolute atomic E-state index is 0.0380. The van der Waals surface area contributed by atoms with Gasteiger partial charge in [0.05, 0.1) is 0 Å². The van der Waals surface area contributed by atoms with Crippen molar-refractivity contribution < 1.29 is 4.79 Å². The molecule has 2 aromatic rings. The maximum absolute atomic E-state index is 12.2. The summed E-state index contributed by atoms with van der Waals surface area (Å²) in [5.74, 6) is -0.218. The highest BCUT2D eigenvalue weighted by atomic mass is 16.1. The molecule has 0 saturated carbocycles. The third-order valence-corrected chi connectivity index (χ3v) is 3.34. The van der Waals surface area contributed by atoms with Crippen molar-refractivity contribution in [3.63, 3.8) is 0 Å². The van der Waals surface area contributed by atoms with Crippen LogP contribution in [-0.4, -0.2) is 15.9 Å². The van der Waals surface area contributed by atoms with Crippen LogP contribution in [0, 0.1) is 13.8 Å². The van der Waals surface area contributed by atoms with E-state index in [0.29, 0.717) is 5.69 Å². The lowest BCUT2D eigenvalue weighted by Gasteiger charge is -2.22. The predicted octanol–water partition coefficient (Wildman–Crippen LogP) is 3.64. The Bertz CT molecular complexity index is 672. The van der Waals surface area contributed by atoms with Gasteiger partial charge >= 0.3 is 0 Å². The SMILES string of the molecule is Cc1cc(C(=O)Nc2ccc(C)c(C(C)(C)C)c2)ncn1. The molecule has 0 saturated heterocycles. The summed E-state index contributed by atoms with van der Waals surface area (Å²) in [6, 6.07) is 7.65. The lowest BCUT2D eigenvalue weighted by molar-refractivity contribution is 0.102. The summed E-state index contributed by atoms with van der Waals surface area (Å²) in [4.78, 5) is 20.2. The molecule has 1 aromatic heterocycles. The number of aromatic nitrogens is 2. The molecule has 1 amide bonds. The number of amides is 1. The van der Waals surface area contributed by atoms with Crippen molar-refractivity contribution in [3.8, 4) is 0 Å². The van der Waals surface area contributed by atoms with Gasteiger partial charge in [-0.3, -0.25) is 4.79 Å². The molecule has 110 valence electrons. The Kier molecular flexibility index (Phi) is 4.07. The molecule has 0 aliphatic carbocycles. The van der Waals surface area contributed by atoms with Gasteiger partial charge in [0, 0.05) is 11.4 Å². The molecule has 0 radical (unpaired) electrons. The molecule has 0 fully saturated rings. The number of rotatable bonds is 2. The number of anilines is 1. The number of nitrogens with zero attached hydrogens (tertiary/aromatic N) is 2. The van der Waals surface area contributed by atoms with E-state index in [-0.39, 0.29) is 11.3 Å². The first kappa shape index (κ1) is 15.2. The summed E-state index contributed by atoms with van der Waals surface area (Å²) in [6.45, 7) is 10.4. The average molecular weight is 283 g/mol. The van der Waals surface area contributed by atoms with Crippen molar-refractivity contribution in [3.05, 3.63) is 53.1 Å². The molecule has 4 heteroatoms. The maximum atomic E-state index is 12.2. The summed E-state index contributed by atoms with van der Waals surface area (Å²) in [5, 5.41) is 2.90. The highest BCUT2D eigenvalue weighted by Gasteiger charge is 2.17. The van der Waals surface area contributed by atoms with Crippen molar-refractivity contribution in [2.75, 3.05) is 5.32 Å². The number of hydrogen-bond acceptors (Lipinski definition) is 3. The van der Waals surface area contributed by atoms with Gasteiger partial charge in [-0.1, -0.05) is 26.8 Å². The van der Waals surface area contributed by atoms with Crippen LogP contribution in [0.15, 0.2) is 30.6 Å². The highest BCUT2D eigenvalue weighted by Crippen LogP contribution is 2.28. The van der Waals surface area contributed by atoms with Gasteiger partial charge in [0.15, 0.2) is 0 Å². The van der Waals surface area contributed by atoms with Gasteiger partial charge in [-0.15, -0.1) is 0 Å². The van der Waals surface area contributed by atoms with E-state index >= 15 is 0 Å². The number of benzene rings is 1. The maximum Gasteiger partial charge on any atom is 0.274 e. The van der Waals surface area contributed by atoms with Crippen LogP contribution in [0.25, 0.3) is 0 Å². The predicted molar refractivity (Wildman–Crippen MR) is 84.6 cm³/mol. The molecule has 1 aromatic carbocycles. The van der Waals surface area contributed by atoms with Crippen molar-refractivity contribution >= 4 is 11.6 Å². The van der Waals surface area contributed by atoms with Gasteiger partial charge < -0.3 is 5.32 Å². The zero-order valence-electron chi connectivity index (χ0n) is 13.2.